The molecule has 1 heterocycles. The fourth-order valence-electron chi connectivity index (χ4n) is 2.22. The van der Waals surface area contributed by atoms with Crippen LogP contribution in [-0.2, 0) is 9.59 Å². The molecule has 0 radical (unpaired) electrons. The molecule has 1 fully saturated rings. The third kappa shape index (κ3) is 2.66. The van der Waals surface area contributed by atoms with Gasteiger partial charge in [0.25, 0.3) is 0 Å². The first-order chi connectivity index (χ1) is 8.29. The summed E-state index contributed by atoms with van der Waals surface area (Å²) in [5.74, 6) is 0.984. The number of hydrogen-bond donors (Lipinski definition) is 1. The predicted octanol–water partition coefficient (Wildman–Crippen LogP) is 1.65. The molecule has 0 aromatic carbocycles. The Balaban J connectivity index is 2.95. The molecule has 2 amide bonds. The normalized spacial score (nSPS) is 27.3. The highest BCUT2D eigenvalue weighted by molar-refractivity contribution is 7.98. The third-order valence-corrected chi connectivity index (χ3v) is 4.41. The van der Waals surface area contributed by atoms with Gasteiger partial charge in [0.05, 0.1) is 0 Å². The van der Waals surface area contributed by atoms with Crippen LogP contribution >= 0.6 is 11.8 Å². The zero-order valence-electron chi connectivity index (χ0n) is 12.0. The Hall–Kier alpha value is -0.710. The van der Waals surface area contributed by atoms with Crippen LogP contribution in [0.15, 0.2) is 0 Å². The smallest absolute Gasteiger partial charge is 0.248 e. The van der Waals surface area contributed by atoms with Crippen molar-refractivity contribution in [2.75, 3.05) is 18.6 Å². The Morgan fingerprint density at radius 2 is 1.89 bits per heavy atom. The van der Waals surface area contributed by atoms with Crippen molar-refractivity contribution in [2.45, 2.75) is 51.6 Å². The molecule has 0 aromatic heterocycles. The summed E-state index contributed by atoms with van der Waals surface area (Å²) in [7, 11) is 0. The van der Waals surface area contributed by atoms with E-state index in [1.807, 2.05) is 20.1 Å². The van der Waals surface area contributed by atoms with Gasteiger partial charge in [0.1, 0.15) is 11.1 Å². The lowest BCUT2D eigenvalue weighted by atomic mass is 9.86. The zero-order chi connectivity index (χ0) is 14.0. The molecule has 1 aliphatic heterocycles. The Bertz CT molecular complexity index is 344. The molecule has 0 saturated carbocycles. The Morgan fingerprint density at radius 3 is 2.39 bits per heavy atom. The van der Waals surface area contributed by atoms with Crippen LogP contribution in [0.5, 0.6) is 0 Å². The van der Waals surface area contributed by atoms with Gasteiger partial charge in [0.2, 0.25) is 11.8 Å². The Labute approximate surface area is 114 Å². The molecular weight excluding hydrogens is 248 g/mol. The van der Waals surface area contributed by atoms with Gasteiger partial charge in [0.15, 0.2) is 0 Å². The summed E-state index contributed by atoms with van der Waals surface area (Å²) in [5, 5.41) is 2.83. The molecule has 1 N–H and O–H groups in total. The third-order valence-electron chi connectivity index (χ3n) is 3.71. The minimum atomic E-state index is -0.787. The van der Waals surface area contributed by atoms with E-state index in [4.69, 9.17) is 0 Å². The molecule has 4 nitrogen and oxygen atoms in total. The van der Waals surface area contributed by atoms with Crippen LogP contribution in [0.3, 0.4) is 0 Å². The second kappa shape index (κ2) is 5.51. The van der Waals surface area contributed by atoms with Gasteiger partial charge in [-0.2, -0.15) is 11.8 Å². The topological polar surface area (TPSA) is 49.4 Å². The molecule has 1 unspecified atom stereocenters. The lowest BCUT2D eigenvalue weighted by Crippen LogP contribution is -2.73. The second-order valence-corrected chi connectivity index (χ2v) is 6.50. The van der Waals surface area contributed by atoms with E-state index in [9.17, 15) is 9.59 Å². The van der Waals surface area contributed by atoms with E-state index in [2.05, 4.69) is 5.32 Å². The van der Waals surface area contributed by atoms with Crippen molar-refractivity contribution in [2.24, 2.45) is 0 Å². The molecular formula is C13H24N2O2S. The molecule has 1 rings (SSSR count). The van der Waals surface area contributed by atoms with E-state index in [1.165, 1.54) is 0 Å². The SMILES string of the molecule is CCC1(C)C(=O)NC(C)(C)C(=O)N1CCCSC. The van der Waals surface area contributed by atoms with Crippen LogP contribution in [0.25, 0.3) is 0 Å². The lowest BCUT2D eigenvalue weighted by Gasteiger charge is -2.49. The first-order valence-corrected chi connectivity index (χ1v) is 7.82. The van der Waals surface area contributed by atoms with Crippen LogP contribution < -0.4 is 5.32 Å². The number of rotatable bonds is 5. The number of thioether (sulfide) groups is 1. The zero-order valence-corrected chi connectivity index (χ0v) is 12.8. The largest absolute Gasteiger partial charge is 0.340 e. The number of carbonyl (C=O) groups is 2. The fourth-order valence-corrected chi connectivity index (χ4v) is 2.64. The summed E-state index contributed by atoms with van der Waals surface area (Å²) in [6.07, 6.45) is 3.61. The van der Waals surface area contributed by atoms with E-state index in [0.29, 0.717) is 13.0 Å². The van der Waals surface area contributed by atoms with Crippen LogP contribution in [0.2, 0.25) is 0 Å². The van der Waals surface area contributed by atoms with E-state index >= 15 is 0 Å². The molecule has 0 bridgehead atoms. The molecule has 1 aliphatic rings. The minimum absolute atomic E-state index is 0.0209. The van der Waals surface area contributed by atoms with Crippen molar-refractivity contribution in [3.63, 3.8) is 0 Å². The fraction of sp³-hybridized carbons (Fsp3) is 0.846. The van der Waals surface area contributed by atoms with Gasteiger partial charge in [-0.1, -0.05) is 6.92 Å². The quantitative estimate of drug-likeness (QED) is 0.774. The number of piperazine rings is 1. The van der Waals surface area contributed by atoms with Crippen molar-refractivity contribution < 1.29 is 9.59 Å². The summed E-state index contributed by atoms with van der Waals surface area (Å²) >= 11 is 1.76. The van der Waals surface area contributed by atoms with E-state index < -0.39 is 11.1 Å². The molecule has 18 heavy (non-hydrogen) atoms. The number of amides is 2. The molecule has 1 atom stereocenters. The van der Waals surface area contributed by atoms with Gasteiger partial charge in [-0.05, 0) is 45.6 Å². The number of carbonyl (C=O) groups excluding carboxylic acids is 2. The highest BCUT2D eigenvalue weighted by atomic mass is 32.2. The maximum Gasteiger partial charge on any atom is 0.248 e. The average molecular weight is 272 g/mol. The van der Waals surface area contributed by atoms with Crippen molar-refractivity contribution >= 4 is 23.6 Å². The Morgan fingerprint density at radius 1 is 1.28 bits per heavy atom. The maximum absolute atomic E-state index is 12.5. The van der Waals surface area contributed by atoms with Gasteiger partial charge in [-0.15, -0.1) is 0 Å². The monoisotopic (exact) mass is 272 g/mol. The van der Waals surface area contributed by atoms with E-state index in [-0.39, 0.29) is 11.8 Å². The first kappa shape index (κ1) is 15.3. The number of nitrogens with one attached hydrogen (secondary N) is 1. The van der Waals surface area contributed by atoms with Crippen molar-refractivity contribution in [1.82, 2.24) is 10.2 Å². The van der Waals surface area contributed by atoms with Gasteiger partial charge in [-0.25, -0.2) is 0 Å². The number of nitrogens with zero attached hydrogens (tertiary/aromatic N) is 1. The summed E-state index contributed by atoms with van der Waals surface area (Å²) in [6.45, 7) is 8.00. The molecule has 5 heteroatoms. The minimum Gasteiger partial charge on any atom is -0.340 e. The predicted molar refractivity (Wildman–Crippen MR) is 75.6 cm³/mol. The van der Waals surface area contributed by atoms with Crippen molar-refractivity contribution in [3.05, 3.63) is 0 Å². The summed E-state index contributed by atoms with van der Waals surface area (Å²) in [6, 6.07) is 0. The van der Waals surface area contributed by atoms with Crippen LogP contribution in [-0.4, -0.2) is 46.3 Å². The van der Waals surface area contributed by atoms with Crippen LogP contribution in [0.4, 0.5) is 0 Å². The maximum atomic E-state index is 12.5. The summed E-state index contributed by atoms with van der Waals surface area (Å²) in [5.41, 5.74) is -1.49. The van der Waals surface area contributed by atoms with E-state index in [1.54, 1.807) is 30.5 Å². The van der Waals surface area contributed by atoms with Gasteiger partial charge in [-0.3, -0.25) is 9.59 Å². The first-order valence-electron chi connectivity index (χ1n) is 6.43. The Kier molecular flexibility index (Phi) is 4.70. The van der Waals surface area contributed by atoms with Crippen LogP contribution in [0, 0.1) is 0 Å². The highest BCUT2D eigenvalue weighted by Crippen LogP contribution is 2.29. The lowest BCUT2D eigenvalue weighted by molar-refractivity contribution is -0.160. The van der Waals surface area contributed by atoms with Gasteiger partial charge >= 0.3 is 0 Å². The second-order valence-electron chi connectivity index (χ2n) is 5.51. The van der Waals surface area contributed by atoms with Gasteiger partial charge < -0.3 is 10.2 Å². The highest BCUT2D eigenvalue weighted by Gasteiger charge is 2.51. The van der Waals surface area contributed by atoms with Crippen molar-refractivity contribution in [3.8, 4) is 0 Å². The average Bonchev–Trinajstić information content (AvgIpc) is 2.31. The number of hydrogen-bond acceptors (Lipinski definition) is 3. The van der Waals surface area contributed by atoms with Gasteiger partial charge in [0, 0.05) is 6.54 Å². The molecule has 0 spiro atoms. The van der Waals surface area contributed by atoms with Crippen LogP contribution in [0.1, 0.15) is 40.5 Å². The summed E-state index contributed by atoms with van der Waals surface area (Å²) < 4.78 is 0. The molecule has 104 valence electrons. The molecule has 1 saturated heterocycles. The van der Waals surface area contributed by atoms with E-state index in [0.717, 1.165) is 12.2 Å². The van der Waals surface area contributed by atoms with Crippen molar-refractivity contribution in [1.29, 1.82) is 0 Å². The molecule has 0 aromatic rings. The molecule has 0 aliphatic carbocycles. The standard InChI is InChI=1S/C13H24N2O2S/c1-6-13(4)10(16)14-12(2,3)11(17)15(13)8-7-9-18-5/h6-9H2,1-5H3,(H,14,16). The summed E-state index contributed by atoms with van der Waals surface area (Å²) in [4.78, 5) is 26.5.